The summed E-state index contributed by atoms with van der Waals surface area (Å²) in [5, 5.41) is 0. The second-order valence-electron chi connectivity index (χ2n) is 5.16. The molecule has 1 amide bonds. The number of aromatic amines is 1. The molecule has 2 aromatic heterocycles. The van der Waals surface area contributed by atoms with E-state index in [2.05, 4.69) is 9.97 Å². The van der Waals surface area contributed by atoms with E-state index in [1.54, 1.807) is 34.9 Å². The number of H-pyrrole nitrogens is 1. The average molecular weight is 305 g/mol. The predicted octanol–water partition coefficient (Wildman–Crippen LogP) is 2.07. The Balaban J connectivity index is 2.11. The molecular formula is C15H19N3O2S. The van der Waals surface area contributed by atoms with Crippen LogP contribution < -0.4 is 5.56 Å². The van der Waals surface area contributed by atoms with Gasteiger partial charge in [0, 0.05) is 30.6 Å². The summed E-state index contributed by atoms with van der Waals surface area (Å²) >= 11 is 1.59. The first-order chi connectivity index (χ1) is 9.90. The molecule has 2 aromatic rings. The monoisotopic (exact) mass is 305 g/mol. The SMILES string of the molecule is Cc1cc(C(=O)N(C)CCc2scnc2C)c(=O)[nH]c1C. The van der Waals surface area contributed by atoms with E-state index in [-0.39, 0.29) is 17.0 Å². The summed E-state index contributed by atoms with van der Waals surface area (Å²) in [6.45, 7) is 6.22. The topological polar surface area (TPSA) is 66.1 Å². The molecule has 0 radical (unpaired) electrons. The van der Waals surface area contributed by atoms with Gasteiger partial charge in [0.2, 0.25) is 0 Å². The highest BCUT2D eigenvalue weighted by molar-refractivity contribution is 7.09. The normalized spacial score (nSPS) is 10.7. The van der Waals surface area contributed by atoms with Gasteiger partial charge in [-0.1, -0.05) is 0 Å². The number of carbonyl (C=O) groups is 1. The number of thiazole rings is 1. The van der Waals surface area contributed by atoms with E-state index in [1.807, 2.05) is 20.8 Å². The molecule has 112 valence electrons. The molecule has 0 aliphatic carbocycles. The van der Waals surface area contributed by atoms with Crippen molar-refractivity contribution in [1.29, 1.82) is 0 Å². The molecule has 0 aromatic carbocycles. The fourth-order valence-corrected chi connectivity index (χ4v) is 2.80. The molecule has 6 heteroatoms. The van der Waals surface area contributed by atoms with Crippen molar-refractivity contribution in [3.8, 4) is 0 Å². The third-order valence-electron chi connectivity index (χ3n) is 3.59. The van der Waals surface area contributed by atoms with Crippen LogP contribution >= 0.6 is 11.3 Å². The number of amides is 1. The molecule has 0 saturated carbocycles. The summed E-state index contributed by atoms with van der Waals surface area (Å²) in [5.41, 5.74) is 4.38. The minimum absolute atomic E-state index is 0.196. The van der Waals surface area contributed by atoms with Gasteiger partial charge in [0.25, 0.3) is 11.5 Å². The largest absolute Gasteiger partial charge is 0.341 e. The zero-order valence-corrected chi connectivity index (χ0v) is 13.5. The zero-order valence-electron chi connectivity index (χ0n) is 12.7. The lowest BCUT2D eigenvalue weighted by molar-refractivity contribution is 0.0795. The first-order valence-electron chi connectivity index (χ1n) is 6.75. The number of nitrogens with one attached hydrogen (secondary N) is 1. The molecule has 21 heavy (non-hydrogen) atoms. The van der Waals surface area contributed by atoms with Crippen molar-refractivity contribution in [2.75, 3.05) is 13.6 Å². The Hall–Kier alpha value is -1.95. The summed E-state index contributed by atoms with van der Waals surface area (Å²) in [4.78, 5) is 33.9. The number of pyridine rings is 1. The van der Waals surface area contributed by atoms with Crippen LogP contribution in [0.3, 0.4) is 0 Å². The van der Waals surface area contributed by atoms with Gasteiger partial charge in [0.15, 0.2) is 0 Å². The van der Waals surface area contributed by atoms with Gasteiger partial charge in [-0.05, 0) is 32.4 Å². The van der Waals surface area contributed by atoms with Gasteiger partial charge in [-0.3, -0.25) is 9.59 Å². The van der Waals surface area contributed by atoms with Crippen LogP contribution in [-0.4, -0.2) is 34.4 Å². The second kappa shape index (κ2) is 6.22. The van der Waals surface area contributed by atoms with Gasteiger partial charge >= 0.3 is 0 Å². The van der Waals surface area contributed by atoms with Crippen molar-refractivity contribution in [2.45, 2.75) is 27.2 Å². The van der Waals surface area contributed by atoms with Gasteiger partial charge in [0.1, 0.15) is 5.56 Å². The molecule has 0 fully saturated rings. The number of carbonyl (C=O) groups excluding carboxylic acids is 1. The summed E-state index contributed by atoms with van der Waals surface area (Å²) < 4.78 is 0. The lowest BCUT2D eigenvalue weighted by Crippen LogP contribution is -2.33. The fraction of sp³-hybridized carbons (Fsp3) is 0.400. The number of hydrogen-bond donors (Lipinski definition) is 1. The molecule has 0 unspecified atom stereocenters. The number of hydrogen-bond acceptors (Lipinski definition) is 4. The smallest absolute Gasteiger partial charge is 0.261 e. The predicted molar refractivity (Wildman–Crippen MR) is 84.1 cm³/mol. The van der Waals surface area contributed by atoms with Crippen LogP contribution in [0.2, 0.25) is 0 Å². The first-order valence-corrected chi connectivity index (χ1v) is 7.63. The quantitative estimate of drug-likeness (QED) is 0.940. The number of rotatable bonds is 4. The molecule has 0 saturated heterocycles. The first kappa shape index (κ1) is 15.4. The fourth-order valence-electron chi connectivity index (χ4n) is 2.03. The Morgan fingerprint density at radius 3 is 2.71 bits per heavy atom. The Morgan fingerprint density at radius 2 is 2.10 bits per heavy atom. The van der Waals surface area contributed by atoms with Crippen LogP contribution in [0.1, 0.15) is 32.2 Å². The highest BCUT2D eigenvalue weighted by atomic mass is 32.1. The van der Waals surface area contributed by atoms with E-state index in [4.69, 9.17) is 0 Å². The zero-order chi connectivity index (χ0) is 15.6. The molecule has 0 aliphatic heterocycles. The van der Waals surface area contributed by atoms with Crippen LogP contribution in [0.4, 0.5) is 0 Å². The highest BCUT2D eigenvalue weighted by Gasteiger charge is 2.17. The molecule has 2 heterocycles. The van der Waals surface area contributed by atoms with Crippen molar-refractivity contribution < 1.29 is 4.79 Å². The van der Waals surface area contributed by atoms with Gasteiger partial charge in [-0.15, -0.1) is 11.3 Å². The minimum Gasteiger partial charge on any atom is -0.341 e. The standard InChI is InChI=1S/C15H19N3O2S/c1-9-7-12(14(19)17-10(9)2)15(20)18(4)6-5-13-11(3)16-8-21-13/h7-8H,5-6H2,1-4H3,(H,17,19). The van der Waals surface area contributed by atoms with Crippen LogP contribution in [0.5, 0.6) is 0 Å². The Labute approximate surface area is 127 Å². The number of likely N-dealkylation sites (N-methyl/N-ethyl adjacent to an activating group) is 1. The molecule has 0 aliphatic rings. The maximum absolute atomic E-state index is 12.4. The van der Waals surface area contributed by atoms with Crippen molar-refractivity contribution in [3.63, 3.8) is 0 Å². The lowest BCUT2D eigenvalue weighted by atomic mass is 10.1. The lowest BCUT2D eigenvalue weighted by Gasteiger charge is -2.17. The number of aryl methyl sites for hydroxylation is 3. The second-order valence-corrected chi connectivity index (χ2v) is 6.10. The van der Waals surface area contributed by atoms with Crippen molar-refractivity contribution in [2.24, 2.45) is 0 Å². The van der Waals surface area contributed by atoms with E-state index >= 15 is 0 Å². The maximum Gasteiger partial charge on any atom is 0.261 e. The number of aromatic nitrogens is 2. The molecule has 5 nitrogen and oxygen atoms in total. The molecule has 0 bridgehead atoms. The minimum atomic E-state index is -0.330. The third-order valence-corrected chi connectivity index (χ3v) is 4.59. The van der Waals surface area contributed by atoms with E-state index in [0.29, 0.717) is 6.54 Å². The highest BCUT2D eigenvalue weighted by Crippen LogP contribution is 2.13. The van der Waals surface area contributed by atoms with Crippen LogP contribution in [0.15, 0.2) is 16.4 Å². The van der Waals surface area contributed by atoms with E-state index in [1.165, 1.54) is 4.88 Å². The van der Waals surface area contributed by atoms with Crippen LogP contribution in [-0.2, 0) is 6.42 Å². The summed E-state index contributed by atoms with van der Waals surface area (Å²) in [6, 6.07) is 1.66. The number of nitrogens with zero attached hydrogens (tertiary/aromatic N) is 2. The van der Waals surface area contributed by atoms with Gasteiger partial charge in [0.05, 0.1) is 11.2 Å². The Kier molecular flexibility index (Phi) is 4.57. The molecule has 2 rings (SSSR count). The van der Waals surface area contributed by atoms with E-state index in [0.717, 1.165) is 23.4 Å². The van der Waals surface area contributed by atoms with Crippen molar-refractivity contribution in [3.05, 3.63) is 49.3 Å². The van der Waals surface area contributed by atoms with Gasteiger partial charge in [-0.2, -0.15) is 0 Å². The summed E-state index contributed by atoms with van der Waals surface area (Å²) in [5.74, 6) is -0.249. The van der Waals surface area contributed by atoms with Gasteiger partial charge in [-0.25, -0.2) is 4.98 Å². The Morgan fingerprint density at radius 1 is 1.38 bits per heavy atom. The molecule has 0 atom stereocenters. The van der Waals surface area contributed by atoms with E-state index in [9.17, 15) is 9.59 Å². The summed E-state index contributed by atoms with van der Waals surface area (Å²) in [6.07, 6.45) is 0.751. The summed E-state index contributed by atoms with van der Waals surface area (Å²) in [7, 11) is 1.72. The molecule has 0 spiro atoms. The van der Waals surface area contributed by atoms with Crippen molar-refractivity contribution in [1.82, 2.24) is 14.9 Å². The van der Waals surface area contributed by atoms with Crippen LogP contribution in [0, 0.1) is 20.8 Å². The van der Waals surface area contributed by atoms with Crippen LogP contribution in [0.25, 0.3) is 0 Å². The van der Waals surface area contributed by atoms with E-state index < -0.39 is 0 Å². The Bertz CT molecular complexity index is 718. The maximum atomic E-state index is 12.4. The molecule has 1 N–H and O–H groups in total. The van der Waals surface area contributed by atoms with Crippen molar-refractivity contribution >= 4 is 17.2 Å². The average Bonchev–Trinajstić information content (AvgIpc) is 2.85. The third kappa shape index (κ3) is 3.39. The molecular weight excluding hydrogens is 286 g/mol. The van der Waals surface area contributed by atoms with Gasteiger partial charge < -0.3 is 9.88 Å².